The predicted molar refractivity (Wildman–Crippen MR) is 99.0 cm³/mol. The van der Waals surface area contributed by atoms with Crippen LogP contribution in [0.4, 0.5) is 0 Å². The van der Waals surface area contributed by atoms with Crippen molar-refractivity contribution in [3.8, 4) is 11.5 Å². The summed E-state index contributed by atoms with van der Waals surface area (Å²) in [6.07, 6.45) is 1.19. The quantitative estimate of drug-likeness (QED) is 0.908. The molecule has 2 aromatic carbocycles. The number of hydrogen-bond acceptors (Lipinski definition) is 4. The topological polar surface area (TPSA) is 33.7 Å². The number of hydrogen-bond donors (Lipinski definition) is 1. The van der Waals surface area contributed by atoms with Gasteiger partial charge in [-0.05, 0) is 36.6 Å². The minimum Gasteiger partial charge on any atom is -0.486 e. The fraction of sp³-hybridized carbons (Fsp3) is 0.429. The fourth-order valence-electron chi connectivity index (χ4n) is 3.74. The molecule has 2 aliphatic heterocycles. The van der Waals surface area contributed by atoms with Crippen LogP contribution in [-0.2, 0) is 13.1 Å². The van der Waals surface area contributed by atoms with Crippen molar-refractivity contribution in [2.24, 2.45) is 0 Å². The molecule has 2 atom stereocenters. The summed E-state index contributed by atoms with van der Waals surface area (Å²) in [7, 11) is 0. The minimum absolute atomic E-state index is 0.534. The van der Waals surface area contributed by atoms with Gasteiger partial charge in [-0.2, -0.15) is 0 Å². The van der Waals surface area contributed by atoms with E-state index in [-0.39, 0.29) is 0 Å². The number of nitrogens with one attached hydrogen (secondary N) is 1. The SMILES string of the molecule is CC1CC(NCc2ccc3c(c2)OCCO3)CN1Cc1ccccc1. The molecule has 4 heteroatoms. The summed E-state index contributed by atoms with van der Waals surface area (Å²) in [6.45, 7) is 6.60. The van der Waals surface area contributed by atoms with Crippen LogP contribution >= 0.6 is 0 Å². The zero-order valence-electron chi connectivity index (χ0n) is 14.8. The number of nitrogens with zero attached hydrogens (tertiary/aromatic N) is 1. The van der Waals surface area contributed by atoms with Crippen molar-refractivity contribution in [3.05, 3.63) is 59.7 Å². The van der Waals surface area contributed by atoms with Gasteiger partial charge in [0.05, 0.1) is 0 Å². The first-order valence-corrected chi connectivity index (χ1v) is 9.18. The molecule has 2 aromatic rings. The van der Waals surface area contributed by atoms with E-state index in [1.165, 1.54) is 17.5 Å². The Morgan fingerprint density at radius 1 is 1.00 bits per heavy atom. The molecular weight excluding hydrogens is 312 g/mol. The van der Waals surface area contributed by atoms with E-state index in [0.29, 0.717) is 25.3 Å². The maximum absolute atomic E-state index is 5.68. The van der Waals surface area contributed by atoms with Gasteiger partial charge in [0, 0.05) is 31.7 Å². The molecule has 4 nitrogen and oxygen atoms in total. The largest absolute Gasteiger partial charge is 0.486 e. The number of likely N-dealkylation sites (tertiary alicyclic amines) is 1. The molecule has 1 N–H and O–H groups in total. The van der Waals surface area contributed by atoms with E-state index in [1.807, 2.05) is 6.07 Å². The zero-order chi connectivity index (χ0) is 17.1. The van der Waals surface area contributed by atoms with E-state index in [2.05, 4.69) is 59.6 Å². The highest BCUT2D eigenvalue weighted by Crippen LogP contribution is 2.30. The van der Waals surface area contributed by atoms with Crippen LogP contribution in [-0.4, -0.2) is 36.7 Å². The van der Waals surface area contributed by atoms with Crippen molar-refractivity contribution < 1.29 is 9.47 Å². The monoisotopic (exact) mass is 338 g/mol. The van der Waals surface area contributed by atoms with Crippen molar-refractivity contribution in [2.45, 2.75) is 38.5 Å². The third-order valence-corrected chi connectivity index (χ3v) is 5.13. The van der Waals surface area contributed by atoms with Crippen LogP contribution in [0.3, 0.4) is 0 Å². The third-order valence-electron chi connectivity index (χ3n) is 5.13. The molecule has 2 unspecified atom stereocenters. The second-order valence-corrected chi connectivity index (χ2v) is 7.06. The highest BCUT2D eigenvalue weighted by atomic mass is 16.6. The Bertz CT molecular complexity index is 704. The van der Waals surface area contributed by atoms with E-state index in [9.17, 15) is 0 Å². The Hall–Kier alpha value is -2.04. The van der Waals surface area contributed by atoms with Gasteiger partial charge in [-0.25, -0.2) is 0 Å². The summed E-state index contributed by atoms with van der Waals surface area (Å²) >= 11 is 0. The summed E-state index contributed by atoms with van der Waals surface area (Å²) in [5.74, 6) is 1.73. The molecule has 0 radical (unpaired) electrons. The van der Waals surface area contributed by atoms with Crippen LogP contribution < -0.4 is 14.8 Å². The Morgan fingerprint density at radius 2 is 1.80 bits per heavy atom. The van der Waals surface area contributed by atoms with E-state index in [0.717, 1.165) is 31.1 Å². The normalized spacial score (nSPS) is 22.9. The Morgan fingerprint density at radius 3 is 2.64 bits per heavy atom. The molecule has 0 spiro atoms. The lowest BCUT2D eigenvalue weighted by Gasteiger charge is -2.21. The predicted octanol–water partition coefficient (Wildman–Crippen LogP) is 3.21. The first-order chi connectivity index (χ1) is 12.3. The van der Waals surface area contributed by atoms with Crippen molar-refractivity contribution >= 4 is 0 Å². The van der Waals surface area contributed by atoms with Crippen LogP contribution in [0.15, 0.2) is 48.5 Å². The van der Waals surface area contributed by atoms with Gasteiger partial charge in [-0.1, -0.05) is 36.4 Å². The third kappa shape index (κ3) is 3.97. The fourth-order valence-corrected chi connectivity index (χ4v) is 3.74. The van der Waals surface area contributed by atoms with E-state index in [1.54, 1.807) is 0 Å². The second-order valence-electron chi connectivity index (χ2n) is 7.06. The first kappa shape index (κ1) is 16.4. The molecule has 0 aromatic heterocycles. The molecule has 25 heavy (non-hydrogen) atoms. The molecule has 132 valence electrons. The Labute approximate surface area is 149 Å². The average molecular weight is 338 g/mol. The summed E-state index contributed by atoms with van der Waals surface area (Å²) in [5.41, 5.74) is 2.64. The molecule has 2 aliphatic rings. The van der Waals surface area contributed by atoms with Crippen LogP contribution in [0, 0.1) is 0 Å². The number of benzene rings is 2. The minimum atomic E-state index is 0.534. The highest BCUT2D eigenvalue weighted by molar-refractivity contribution is 5.43. The summed E-state index contributed by atoms with van der Waals surface area (Å²) in [4.78, 5) is 2.57. The van der Waals surface area contributed by atoms with Gasteiger partial charge in [0.1, 0.15) is 13.2 Å². The van der Waals surface area contributed by atoms with Gasteiger partial charge in [0.2, 0.25) is 0 Å². The Kier molecular flexibility index (Phi) is 4.90. The van der Waals surface area contributed by atoms with Gasteiger partial charge >= 0.3 is 0 Å². The van der Waals surface area contributed by atoms with Gasteiger partial charge in [0.25, 0.3) is 0 Å². The number of ether oxygens (including phenoxy) is 2. The molecule has 4 rings (SSSR count). The summed E-state index contributed by atoms with van der Waals surface area (Å²) in [6, 6.07) is 18.1. The van der Waals surface area contributed by atoms with Crippen molar-refractivity contribution in [1.29, 1.82) is 0 Å². The second kappa shape index (κ2) is 7.46. The molecule has 0 bridgehead atoms. The molecular formula is C21H26N2O2. The van der Waals surface area contributed by atoms with E-state index >= 15 is 0 Å². The zero-order valence-corrected chi connectivity index (χ0v) is 14.8. The lowest BCUT2D eigenvalue weighted by molar-refractivity contribution is 0.171. The first-order valence-electron chi connectivity index (χ1n) is 9.18. The van der Waals surface area contributed by atoms with Crippen LogP contribution in [0.2, 0.25) is 0 Å². The lowest BCUT2D eigenvalue weighted by Crippen LogP contribution is -2.32. The Balaban J connectivity index is 1.31. The summed E-state index contributed by atoms with van der Waals surface area (Å²) in [5, 5.41) is 3.71. The van der Waals surface area contributed by atoms with E-state index in [4.69, 9.17) is 9.47 Å². The average Bonchev–Trinajstić information content (AvgIpc) is 3.00. The molecule has 0 amide bonds. The molecule has 0 saturated carbocycles. The van der Waals surface area contributed by atoms with Gasteiger partial charge in [0.15, 0.2) is 11.5 Å². The standard InChI is InChI=1S/C21H26N2O2/c1-16-11-19(15-23(16)14-17-5-3-2-4-6-17)22-13-18-7-8-20-21(12-18)25-10-9-24-20/h2-8,12,16,19,22H,9-11,13-15H2,1H3. The maximum Gasteiger partial charge on any atom is 0.161 e. The summed E-state index contributed by atoms with van der Waals surface area (Å²) < 4.78 is 11.3. The maximum atomic E-state index is 5.68. The van der Waals surface area contributed by atoms with Gasteiger partial charge in [-0.3, -0.25) is 4.90 Å². The highest BCUT2D eigenvalue weighted by Gasteiger charge is 2.28. The van der Waals surface area contributed by atoms with Gasteiger partial charge < -0.3 is 14.8 Å². The molecule has 2 heterocycles. The number of rotatable bonds is 5. The van der Waals surface area contributed by atoms with Crippen molar-refractivity contribution in [3.63, 3.8) is 0 Å². The van der Waals surface area contributed by atoms with E-state index < -0.39 is 0 Å². The molecule has 1 saturated heterocycles. The van der Waals surface area contributed by atoms with Gasteiger partial charge in [-0.15, -0.1) is 0 Å². The molecule has 0 aliphatic carbocycles. The molecule has 1 fully saturated rings. The lowest BCUT2D eigenvalue weighted by atomic mass is 10.1. The smallest absolute Gasteiger partial charge is 0.161 e. The van der Waals surface area contributed by atoms with Crippen molar-refractivity contribution in [1.82, 2.24) is 10.2 Å². The number of fused-ring (bicyclic) bond motifs is 1. The van der Waals surface area contributed by atoms with Crippen molar-refractivity contribution in [2.75, 3.05) is 19.8 Å². The van der Waals surface area contributed by atoms with Crippen LogP contribution in [0.5, 0.6) is 11.5 Å². The van der Waals surface area contributed by atoms with Crippen LogP contribution in [0.1, 0.15) is 24.5 Å². The van der Waals surface area contributed by atoms with Crippen LogP contribution in [0.25, 0.3) is 0 Å².